The molecule has 1 aromatic heterocycles. The number of aromatic nitrogens is 1. The highest BCUT2D eigenvalue weighted by Crippen LogP contribution is 2.20. The molecule has 0 saturated carbocycles. The monoisotopic (exact) mass is 236 g/mol. The van der Waals surface area contributed by atoms with Crippen molar-refractivity contribution < 1.29 is 4.79 Å². The van der Waals surface area contributed by atoms with Gasteiger partial charge in [-0.1, -0.05) is 6.07 Å². The van der Waals surface area contributed by atoms with E-state index >= 15 is 0 Å². The van der Waals surface area contributed by atoms with E-state index in [1.54, 1.807) is 12.4 Å². The number of primary amides is 1. The second kappa shape index (κ2) is 6.32. The summed E-state index contributed by atoms with van der Waals surface area (Å²) < 4.78 is 0. The number of rotatable bonds is 6. The SMILES string of the molecule is CC(C)N(CC(N)=O)C(CN)c1cccnc1. The lowest BCUT2D eigenvalue weighted by Gasteiger charge is -2.33. The van der Waals surface area contributed by atoms with Crippen molar-refractivity contribution in [1.29, 1.82) is 0 Å². The Bertz CT molecular complexity index is 353. The molecule has 0 aliphatic heterocycles. The maximum Gasteiger partial charge on any atom is 0.231 e. The van der Waals surface area contributed by atoms with Crippen molar-refractivity contribution in [3.05, 3.63) is 30.1 Å². The van der Waals surface area contributed by atoms with E-state index in [1.165, 1.54) is 0 Å². The molecule has 17 heavy (non-hydrogen) atoms. The van der Waals surface area contributed by atoms with Crippen LogP contribution in [0.1, 0.15) is 25.5 Å². The summed E-state index contributed by atoms with van der Waals surface area (Å²) >= 11 is 0. The number of hydrogen-bond donors (Lipinski definition) is 2. The molecule has 0 radical (unpaired) electrons. The van der Waals surface area contributed by atoms with Gasteiger partial charge in [0.2, 0.25) is 5.91 Å². The molecule has 1 atom stereocenters. The number of amides is 1. The number of carbonyl (C=O) groups is 1. The van der Waals surface area contributed by atoms with Crippen molar-refractivity contribution in [2.45, 2.75) is 25.9 Å². The standard InChI is InChI=1S/C12H20N4O/c1-9(2)16(8-12(14)17)11(6-13)10-4-3-5-15-7-10/h3-5,7,9,11H,6,8,13H2,1-2H3,(H2,14,17). The molecule has 5 heteroatoms. The zero-order valence-electron chi connectivity index (χ0n) is 10.3. The fraction of sp³-hybridized carbons (Fsp3) is 0.500. The van der Waals surface area contributed by atoms with E-state index < -0.39 is 0 Å². The maximum absolute atomic E-state index is 11.1. The fourth-order valence-corrected chi connectivity index (χ4v) is 1.87. The molecule has 1 rings (SSSR count). The van der Waals surface area contributed by atoms with Gasteiger partial charge in [0.15, 0.2) is 0 Å². The Labute approximate surface area is 102 Å². The lowest BCUT2D eigenvalue weighted by molar-refractivity contribution is -0.120. The molecule has 1 aromatic rings. The Morgan fingerprint density at radius 3 is 2.65 bits per heavy atom. The molecule has 0 bridgehead atoms. The van der Waals surface area contributed by atoms with Gasteiger partial charge in [-0.3, -0.25) is 14.7 Å². The van der Waals surface area contributed by atoms with Crippen LogP contribution >= 0.6 is 0 Å². The van der Waals surface area contributed by atoms with Crippen LogP contribution in [0.2, 0.25) is 0 Å². The van der Waals surface area contributed by atoms with Crippen LogP contribution < -0.4 is 11.5 Å². The topological polar surface area (TPSA) is 85.2 Å². The number of carbonyl (C=O) groups excluding carboxylic acids is 1. The van der Waals surface area contributed by atoms with Crippen LogP contribution in [-0.2, 0) is 4.79 Å². The van der Waals surface area contributed by atoms with Gasteiger partial charge in [-0.2, -0.15) is 0 Å². The van der Waals surface area contributed by atoms with E-state index in [0.29, 0.717) is 6.54 Å². The summed E-state index contributed by atoms with van der Waals surface area (Å²) in [7, 11) is 0. The van der Waals surface area contributed by atoms with Gasteiger partial charge in [0.25, 0.3) is 0 Å². The van der Waals surface area contributed by atoms with Crippen molar-refractivity contribution in [3.63, 3.8) is 0 Å². The highest BCUT2D eigenvalue weighted by atomic mass is 16.1. The van der Waals surface area contributed by atoms with Crippen molar-refractivity contribution in [1.82, 2.24) is 9.88 Å². The Morgan fingerprint density at radius 2 is 2.24 bits per heavy atom. The molecule has 4 N–H and O–H groups in total. The second-order valence-electron chi connectivity index (χ2n) is 4.27. The van der Waals surface area contributed by atoms with E-state index in [9.17, 15) is 4.79 Å². The first kappa shape index (κ1) is 13.6. The molecule has 0 aliphatic carbocycles. The normalized spacial score (nSPS) is 13.0. The number of nitrogens with two attached hydrogens (primary N) is 2. The van der Waals surface area contributed by atoms with Crippen molar-refractivity contribution in [2.24, 2.45) is 11.5 Å². The Hall–Kier alpha value is -1.46. The predicted octanol–water partition coefficient (Wildman–Crippen LogP) is 0.277. The van der Waals surface area contributed by atoms with E-state index in [4.69, 9.17) is 11.5 Å². The van der Waals surface area contributed by atoms with Crippen molar-refractivity contribution in [2.75, 3.05) is 13.1 Å². The first-order valence-corrected chi connectivity index (χ1v) is 5.70. The van der Waals surface area contributed by atoms with E-state index in [-0.39, 0.29) is 24.5 Å². The lowest BCUT2D eigenvalue weighted by Crippen LogP contribution is -2.43. The first-order valence-electron chi connectivity index (χ1n) is 5.70. The summed E-state index contributed by atoms with van der Waals surface area (Å²) in [5, 5.41) is 0. The van der Waals surface area contributed by atoms with Crippen LogP contribution in [0.4, 0.5) is 0 Å². The van der Waals surface area contributed by atoms with Crippen LogP contribution in [0.15, 0.2) is 24.5 Å². The van der Waals surface area contributed by atoms with Gasteiger partial charge in [0, 0.05) is 31.0 Å². The Kier molecular flexibility index (Phi) is 5.06. The van der Waals surface area contributed by atoms with E-state index in [0.717, 1.165) is 5.56 Å². The van der Waals surface area contributed by atoms with Gasteiger partial charge in [-0.25, -0.2) is 0 Å². The van der Waals surface area contributed by atoms with Gasteiger partial charge in [0.1, 0.15) is 0 Å². The molecule has 0 spiro atoms. The molecule has 0 aliphatic rings. The zero-order chi connectivity index (χ0) is 12.8. The van der Waals surface area contributed by atoms with Gasteiger partial charge in [0.05, 0.1) is 6.54 Å². The summed E-state index contributed by atoms with van der Waals surface area (Å²) in [4.78, 5) is 17.2. The van der Waals surface area contributed by atoms with Gasteiger partial charge in [-0.15, -0.1) is 0 Å². The Morgan fingerprint density at radius 1 is 1.53 bits per heavy atom. The van der Waals surface area contributed by atoms with Gasteiger partial charge < -0.3 is 11.5 Å². The highest BCUT2D eigenvalue weighted by Gasteiger charge is 2.23. The zero-order valence-corrected chi connectivity index (χ0v) is 10.3. The largest absolute Gasteiger partial charge is 0.369 e. The number of nitrogens with zero attached hydrogens (tertiary/aromatic N) is 2. The summed E-state index contributed by atoms with van der Waals surface area (Å²) in [5.74, 6) is -0.346. The molecule has 0 fully saturated rings. The van der Waals surface area contributed by atoms with Crippen LogP contribution in [0.3, 0.4) is 0 Å². The summed E-state index contributed by atoms with van der Waals surface area (Å²) in [5.41, 5.74) is 12.1. The van der Waals surface area contributed by atoms with Crippen LogP contribution in [0.25, 0.3) is 0 Å². The fourth-order valence-electron chi connectivity index (χ4n) is 1.87. The van der Waals surface area contributed by atoms with E-state index in [2.05, 4.69) is 4.98 Å². The lowest BCUT2D eigenvalue weighted by atomic mass is 10.1. The first-order chi connectivity index (χ1) is 8.06. The third-order valence-corrected chi connectivity index (χ3v) is 2.69. The molecule has 1 amide bonds. The third kappa shape index (κ3) is 3.80. The van der Waals surface area contributed by atoms with Gasteiger partial charge >= 0.3 is 0 Å². The summed E-state index contributed by atoms with van der Waals surface area (Å²) in [6.07, 6.45) is 3.48. The van der Waals surface area contributed by atoms with Crippen LogP contribution in [0.5, 0.6) is 0 Å². The van der Waals surface area contributed by atoms with Crippen molar-refractivity contribution >= 4 is 5.91 Å². The molecule has 1 heterocycles. The average Bonchev–Trinajstić information content (AvgIpc) is 2.29. The van der Waals surface area contributed by atoms with Gasteiger partial charge in [-0.05, 0) is 25.5 Å². The molecule has 1 unspecified atom stereocenters. The molecule has 0 aromatic carbocycles. The third-order valence-electron chi connectivity index (χ3n) is 2.69. The summed E-state index contributed by atoms with van der Waals surface area (Å²) in [6, 6.07) is 3.98. The minimum absolute atomic E-state index is 0.0313. The van der Waals surface area contributed by atoms with Crippen LogP contribution in [0, 0.1) is 0 Å². The molecular weight excluding hydrogens is 216 g/mol. The molecule has 0 saturated heterocycles. The Balaban J connectivity index is 2.93. The molecular formula is C12H20N4O. The molecule has 94 valence electrons. The smallest absolute Gasteiger partial charge is 0.231 e. The molecule has 5 nitrogen and oxygen atoms in total. The number of hydrogen-bond acceptors (Lipinski definition) is 4. The maximum atomic E-state index is 11.1. The second-order valence-corrected chi connectivity index (χ2v) is 4.27. The van der Waals surface area contributed by atoms with Crippen LogP contribution in [-0.4, -0.2) is 34.9 Å². The summed E-state index contributed by atoms with van der Waals surface area (Å²) in [6.45, 7) is 4.66. The van der Waals surface area contributed by atoms with Crippen molar-refractivity contribution in [3.8, 4) is 0 Å². The average molecular weight is 236 g/mol. The minimum Gasteiger partial charge on any atom is -0.369 e. The number of pyridine rings is 1. The van der Waals surface area contributed by atoms with E-state index in [1.807, 2.05) is 30.9 Å². The predicted molar refractivity (Wildman–Crippen MR) is 67.1 cm³/mol. The quantitative estimate of drug-likeness (QED) is 0.742. The minimum atomic E-state index is -0.346. The highest BCUT2D eigenvalue weighted by molar-refractivity contribution is 5.76.